The maximum atomic E-state index is 11.3. The summed E-state index contributed by atoms with van der Waals surface area (Å²) in [5, 5.41) is 8.44. The van der Waals surface area contributed by atoms with E-state index in [9.17, 15) is 8.42 Å². The molecule has 6 heteroatoms. The summed E-state index contributed by atoms with van der Waals surface area (Å²) >= 11 is 0. The van der Waals surface area contributed by atoms with Crippen LogP contribution in [0.2, 0.25) is 0 Å². The summed E-state index contributed by atoms with van der Waals surface area (Å²) in [6.45, 7) is 6.15. The summed E-state index contributed by atoms with van der Waals surface area (Å²) in [7, 11) is -3.56. The van der Waals surface area contributed by atoms with Crippen molar-refractivity contribution in [2.75, 3.05) is 19.6 Å². The largest absolute Gasteiger partial charge is 0.316 e. The molecule has 0 bridgehead atoms. The minimum absolute atomic E-state index is 0.0677. The van der Waals surface area contributed by atoms with Gasteiger partial charge in [-0.25, -0.2) is 5.14 Å². The van der Waals surface area contributed by atoms with E-state index < -0.39 is 10.2 Å². The van der Waals surface area contributed by atoms with Crippen LogP contribution in [0, 0.1) is 5.92 Å². The summed E-state index contributed by atoms with van der Waals surface area (Å²) in [6.07, 6.45) is 2.19. The van der Waals surface area contributed by atoms with Gasteiger partial charge < -0.3 is 5.32 Å². The van der Waals surface area contributed by atoms with E-state index in [0.29, 0.717) is 12.5 Å². The molecule has 0 aromatic rings. The molecule has 0 amide bonds. The Balaban J connectivity index is 2.58. The van der Waals surface area contributed by atoms with Crippen molar-refractivity contribution in [3.63, 3.8) is 0 Å². The van der Waals surface area contributed by atoms with Crippen LogP contribution in [0.5, 0.6) is 0 Å². The van der Waals surface area contributed by atoms with Crippen LogP contribution in [-0.4, -0.2) is 38.4 Å². The van der Waals surface area contributed by atoms with E-state index in [1.165, 1.54) is 4.31 Å². The van der Waals surface area contributed by atoms with Gasteiger partial charge in [-0.1, -0.05) is 0 Å². The monoisotopic (exact) mass is 235 g/mol. The van der Waals surface area contributed by atoms with Crippen LogP contribution in [0.15, 0.2) is 0 Å². The van der Waals surface area contributed by atoms with Crippen LogP contribution in [0.3, 0.4) is 0 Å². The molecule has 3 N–H and O–H groups in total. The van der Waals surface area contributed by atoms with Gasteiger partial charge in [0.1, 0.15) is 0 Å². The first-order valence-corrected chi connectivity index (χ1v) is 6.92. The average molecular weight is 235 g/mol. The molecule has 0 aromatic heterocycles. The molecule has 1 unspecified atom stereocenters. The van der Waals surface area contributed by atoms with E-state index in [1.54, 1.807) is 0 Å². The number of piperidine rings is 1. The van der Waals surface area contributed by atoms with Gasteiger partial charge in [-0.2, -0.15) is 12.7 Å². The zero-order valence-corrected chi connectivity index (χ0v) is 10.3. The zero-order chi connectivity index (χ0) is 11.5. The van der Waals surface area contributed by atoms with Crippen LogP contribution >= 0.6 is 0 Å². The Morgan fingerprint density at radius 1 is 1.53 bits per heavy atom. The van der Waals surface area contributed by atoms with Crippen LogP contribution in [0.1, 0.15) is 26.7 Å². The molecule has 1 atom stereocenters. The normalized spacial score (nSPS) is 23.7. The first-order valence-electron chi connectivity index (χ1n) is 5.41. The molecule has 0 radical (unpaired) electrons. The third-order valence-corrected chi connectivity index (χ3v) is 3.96. The number of hydrogen-bond donors (Lipinski definition) is 2. The van der Waals surface area contributed by atoms with Crippen LogP contribution in [0.25, 0.3) is 0 Å². The lowest BCUT2D eigenvalue weighted by atomic mass is 9.99. The van der Waals surface area contributed by atoms with Crippen molar-refractivity contribution in [1.29, 1.82) is 0 Å². The van der Waals surface area contributed by atoms with E-state index >= 15 is 0 Å². The predicted octanol–water partition coefficient (Wildman–Crippen LogP) is -0.100. The summed E-state index contributed by atoms with van der Waals surface area (Å²) in [5.41, 5.74) is 0. The Bertz CT molecular complexity index is 284. The van der Waals surface area contributed by atoms with E-state index in [1.807, 2.05) is 13.8 Å². The number of nitrogens with one attached hydrogen (secondary N) is 1. The SMILES string of the molecule is CC(C)N(CC1CCCNC1)S(N)(=O)=O. The second kappa shape index (κ2) is 5.25. The lowest BCUT2D eigenvalue weighted by Crippen LogP contribution is -2.46. The topological polar surface area (TPSA) is 75.4 Å². The van der Waals surface area contributed by atoms with Crippen molar-refractivity contribution < 1.29 is 8.42 Å². The highest BCUT2D eigenvalue weighted by Gasteiger charge is 2.25. The van der Waals surface area contributed by atoms with Gasteiger partial charge in [-0.15, -0.1) is 0 Å². The molecule has 15 heavy (non-hydrogen) atoms. The van der Waals surface area contributed by atoms with Crippen LogP contribution < -0.4 is 10.5 Å². The highest BCUT2D eigenvalue weighted by atomic mass is 32.2. The fourth-order valence-electron chi connectivity index (χ4n) is 1.94. The summed E-state index contributed by atoms with van der Waals surface area (Å²) in [4.78, 5) is 0. The number of rotatable bonds is 4. The van der Waals surface area contributed by atoms with Crippen molar-refractivity contribution >= 4 is 10.2 Å². The highest BCUT2D eigenvalue weighted by molar-refractivity contribution is 7.86. The molecule has 1 aliphatic heterocycles. The molecule has 1 saturated heterocycles. The van der Waals surface area contributed by atoms with Crippen LogP contribution in [-0.2, 0) is 10.2 Å². The molecule has 0 saturated carbocycles. The lowest BCUT2D eigenvalue weighted by Gasteiger charge is -2.30. The molecule has 5 nitrogen and oxygen atoms in total. The minimum Gasteiger partial charge on any atom is -0.316 e. The third-order valence-electron chi connectivity index (χ3n) is 2.74. The van der Waals surface area contributed by atoms with Crippen molar-refractivity contribution in [3.8, 4) is 0 Å². The number of hydrogen-bond acceptors (Lipinski definition) is 3. The quantitative estimate of drug-likeness (QED) is 0.714. The van der Waals surface area contributed by atoms with Gasteiger partial charge in [0.2, 0.25) is 0 Å². The smallest absolute Gasteiger partial charge is 0.277 e. The molecule has 1 rings (SSSR count). The molecule has 1 heterocycles. The Morgan fingerprint density at radius 3 is 2.60 bits per heavy atom. The van der Waals surface area contributed by atoms with Crippen molar-refractivity contribution in [2.24, 2.45) is 11.1 Å². The van der Waals surface area contributed by atoms with E-state index in [-0.39, 0.29) is 6.04 Å². The molecule has 1 aliphatic rings. The standard InChI is InChI=1S/C9H21N3O2S/c1-8(2)12(15(10,13)14)7-9-4-3-5-11-6-9/h8-9,11H,3-7H2,1-2H3,(H2,10,13,14). The fourth-order valence-corrected chi connectivity index (χ4v) is 2.95. The van der Waals surface area contributed by atoms with Gasteiger partial charge in [0.15, 0.2) is 0 Å². The molecular weight excluding hydrogens is 214 g/mol. The van der Waals surface area contributed by atoms with Crippen molar-refractivity contribution in [1.82, 2.24) is 9.62 Å². The first-order chi connectivity index (χ1) is 6.91. The van der Waals surface area contributed by atoms with E-state index in [2.05, 4.69) is 5.32 Å². The minimum atomic E-state index is -3.56. The van der Waals surface area contributed by atoms with E-state index in [0.717, 1.165) is 25.9 Å². The third kappa shape index (κ3) is 4.06. The van der Waals surface area contributed by atoms with Gasteiger partial charge in [-0.05, 0) is 45.7 Å². The number of nitrogens with zero attached hydrogens (tertiary/aromatic N) is 1. The van der Waals surface area contributed by atoms with Gasteiger partial charge in [-0.3, -0.25) is 0 Å². The van der Waals surface area contributed by atoms with E-state index in [4.69, 9.17) is 5.14 Å². The zero-order valence-electron chi connectivity index (χ0n) is 9.44. The molecule has 90 valence electrons. The van der Waals surface area contributed by atoms with Gasteiger partial charge in [0.05, 0.1) is 0 Å². The predicted molar refractivity (Wildman–Crippen MR) is 60.5 cm³/mol. The summed E-state index contributed by atoms with van der Waals surface area (Å²) in [6, 6.07) is -0.0677. The molecule has 0 aromatic carbocycles. The average Bonchev–Trinajstić information content (AvgIpc) is 2.13. The van der Waals surface area contributed by atoms with Crippen molar-refractivity contribution in [2.45, 2.75) is 32.7 Å². The molecule has 1 fully saturated rings. The second-order valence-electron chi connectivity index (χ2n) is 4.42. The van der Waals surface area contributed by atoms with Gasteiger partial charge >= 0.3 is 0 Å². The molecule has 0 spiro atoms. The molecule has 0 aliphatic carbocycles. The Kier molecular flexibility index (Phi) is 4.51. The van der Waals surface area contributed by atoms with Crippen LogP contribution in [0.4, 0.5) is 0 Å². The van der Waals surface area contributed by atoms with Gasteiger partial charge in [0.25, 0.3) is 10.2 Å². The summed E-state index contributed by atoms with van der Waals surface area (Å²) < 4.78 is 24.0. The number of nitrogens with two attached hydrogens (primary N) is 1. The second-order valence-corrected chi connectivity index (χ2v) is 5.92. The lowest BCUT2D eigenvalue weighted by molar-refractivity contribution is 0.264. The first kappa shape index (κ1) is 12.9. The fraction of sp³-hybridized carbons (Fsp3) is 1.00. The van der Waals surface area contributed by atoms with Crippen molar-refractivity contribution in [3.05, 3.63) is 0 Å². The Morgan fingerprint density at radius 2 is 2.20 bits per heavy atom. The Hall–Kier alpha value is -0.170. The maximum Gasteiger partial charge on any atom is 0.277 e. The highest BCUT2D eigenvalue weighted by Crippen LogP contribution is 2.14. The maximum absolute atomic E-state index is 11.3. The Labute approximate surface area is 92.2 Å². The molecular formula is C9H21N3O2S. The summed E-state index contributed by atoms with van der Waals surface area (Å²) in [5.74, 6) is 0.388. The van der Waals surface area contributed by atoms with Gasteiger partial charge in [0, 0.05) is 12.6 Å².